The van der Waals surface area contributed by atoms with Gasteiger partial charge in [-0.2, -0.15) is 0 Å². The molecule has 0 radical (unpaired) electrons. The summed E-state index contributed by atoms with van der Waals surface area (Å²) in [6.45, 7) is 5.93. The lowest BCUT2D eigenvalue weighted by Gasteiger charge is -2.12. The first-order chi connectivity index (χ1) is 8.13. The van der Waals surface area contributed by atoms with Crippen LogP contribution in [-0.2, 0) is 6.42 Å². The Labute approximate surface area is 105 Å². The molecule has 2 aromatic rings. The molecule has 92 valence electrons. The van der Waals surface area contributed by atoms with Crippen LogP contribution in [-0.4, -0.2) is 19.7 Å². The number of oxazole rings is 1. The summed E-state index contributed by atoms with van der Waals surface area (Å²) in [6, 6.07) is -0.0900. The van der Waals surface area contributed by atoms with Gasteiger partial charge in [-0.05, 0) is 31.9 Å². The molecule has 0 N–H and O–H groups in total. The molecule has 0 saturated carbocycles. The molecule has 0 aromatic carbocycles. The molecule has 0 fully saturated rings. The highest BCUT2D eigenvalue weighted by Crippen LogP contribution is 2.23. The van der Waals surface area contributed by atoms with Crippen molar-refractivity contribution in [3.05, 3.63) is 29.0 Å². The van der Waals surface area contributed by atoms with E-state index in [2.05, 4.69) is 22.1 Å². The van der Waals surface area contributed by atoms with E-state index >= 15 is 0 Å². The largest absolute Gasteiger partial charge is 0.444 e. The van der Waals surface area contributed by atoms with Gasteiger partial charge in [-0.15, -0.1) is 10.2 Å². The zero-order chi connectivity index (χ0) is 12.4. The fraction of sp³-hybridized carbons (Fsp3) is 0.545. The third-order valence-corrected chi connectivity index (χ3v) is 2.84. The van der Waals surface area contributed by atoms with Crippen LogP contribution in [0.4, 0.5) is 0 Å². The van der Waals surface area contributed by atoms with Crippen molar-refractivity contribution in [1.29, 1.82) is 0 Å². The smallest absolute Gasteiger partial charge is 0.225 e. The zero-order valence-corrected chi connectivity index (χ0v) is 10.9. The fourth-order valence-corrected chi connectivity index (χ4v) is 2.04. The minimum Gasteiger partial charge on any atom is -0.444 e. The Morgan fingerprint density at radius 1 is 1.47 bits per heavy atom. The molecular formula is C11H15ClN4O. The van der Waals surface area contributed by atoms with Gasteiger partial charge in [-0.25, -0.2) is 4.98 Å². The molecule has 1 unspecified atom stereocenters. The molecule has 0 aliphatic carbocycles. The van der Waals surface area contributed by atoms with Crippen molar-refractivity contribution in [2.45, 2.75) is 39.7 Å². The summed E-state index contributed by atoms with van der Waals surface area (Å²) in [5.41, 5.74) is 0. The normalized spacial score (nSPS) is 12.9. The summed E-state index contributed by atoms with van der Waals surface area (Å²) in [4.78, 5) is 4.21. The van der Waals surface area contributed by atoms with Gasteiger partial charge < -0.3 is 4.42 Å². The molecule has 0 spiro atoms. The maximum absolute atomic E-state index is 6.05. The van der Waals surface area contributed by atoms with E-state index in [1.54, 1.807) is 6.20 Å². The van der Waals surface area contributed by atoms with Gasteiger partial charge in [0.1, 0.15) is 17.6 Å². The number of nitrogens with zero attached hydrogens (tertiary/aromatic N) is 4. The molecule has 2 aromatic heterocycles. The zero-order valence-electron chi connectivity index (χ0n) is 10.1. The molecule has 5 nitrogen and oxygen atoms in total. The molecule has 1 atom stereocenters. The van der Waals surface area contributed by atoms with Gasteiger partial charge in [0.25, 0.3) is 0 Å². The first-order valence-electron chi connectivity index (χ1n) is 5.65. The SMILES string of the molecule is CCCc1nnc(Cl)n1C(C)c1ncc(C)o1. The fourth-order valence-electron chi connectivity index (χ4n) is 1.75. The maximum Gasteiger partial charge on any atom is 0.225 e. The van der Waals surface area contributed by atoms with Crippen molar-refractivity contribution >= 4 is 11.6 Å². The van der Waals surface area contributed by atoms with E-state index in [9.17, 15) is 0 Å². The van der Waals surface area contributed by atoms with Gasteiger partial charge in [0.05, 0.1) is 6.20 Å². The molecule has 0 amide bonds. The number of hydrogen-bond acceptors (Lipinski definition) is 4. The average molecular weight is 255 g/mol. The lowest BCUT2D eigenvalue weighted by Crippen LogP contribution is -2.11. The highest BCUT2D eigenvalue weighted by molar-refractivity contribution is 6.28. The van der Waals surface area contributed by atoms with E-state index in [1.165, 1.54) is 0 Å². The van der Waals surface area contributed by atoms with E-state index in [-0.39, 0.29) is 6.04 Å². The van der Waals surface area contributed by atoms with Gasteiger partial charge in [-0.3, -0.25) is 4.57 Å². The lowest BCUT2D eigenvalue weighted by atomic mass is 10.3. The second-order valence-corrected chi connectivity index (χ2v) is 4.33. The van der Waals surface area contributed by atoms with E-state index < -0.39 is 0 Å². The van der Waals surface area contributed by atoms with Crippen molar-refractivity contribution in [2.24, 2.45) is 0 Å². The van der Waals surface area contributed by atoms with Gasteiger partial charge in [0.15, 0.2) is 0 Å². The number of hydrogen-bond donors (Lipinski definition) is 0. The average Bonchev–Trinajstić information content (AvgIpc) is 2.86. The van der Waals surface area contributed by atoms with Crippen LogP contribution in [0.5, 0.6) is 0 Å². The van der Waals surface area contributed by atoms with Crippen LogP contribution in [0.1, 0.15) is 43.8 Å². The summed E-state index contributed by atoms with van der Waals surface area (Å²) in [5, 5.41) is 8.34. The van der Waals surface area contributed by atoms with Crippen LogP contribution in [0.25, 0.3) is 0 Å². The van der Waals surface area contributed by atoms with Gasteiger partial charge >= 0.3 is 0 Å². The van der Waals surface area contributed by atoms with E-state index in [0.29, 0.717) is 11.2 Å². The second-order valence-electron chi connectivity index (χ2n) is 3.99. The maximum atomic E-state index is 6.05. The number of aryl methyl sites for hydroxylation is 2. The molecule has 2 rings (SSSR count). The van der Waals surface area contributed by atoms with E-state index in [1.807, 2.05) is 18.4 Å². The topological polar surface area (TPSA) is 56.7 Å². The number of halogens is 1. The summed E-state index contributed by atoms with van der Waals surface area (Å²) >= 11 is 6.05. The van der Waals surface area contributed by atoms with Crippen molar-refractivity contribution in [3.8, 4) is 0 Å². The highest BCUT2D eigenvalue weighted by atomic mass is 35.5. The van der Waals surface area contributed by atoms with E-state index in [0.717, 1.165) is 24.4 Å². The summed E-state index contributed by atoms with van der Waals surface area (Å²) in [6.07, 6.45) is 3.53. The standard InChI is InChI=1S/C11H15ClN4O/c1-4-5-9-14-15-11(12)16(9)8(3)10-13-6-7(2)17-10/h6,8H,4-5H2,1-3H3. The lowest BCUT2D eigenvalue weighted by molar-refractivity contribution is 0.409. The Balaban J connectivity index is 2.35. The quantitative estimate of drug-likeness (QED) is 0.842. The van der Waals surface area contributed by atoms with Gasteiger partial charge in [0.2, 0.25) is 11.2 Å². The molecule has 0 saturated heterocycles. The van der Waals surface area contributed by atoms with Crippen LogP contribution in [0.3, 0.4) is 0 Å². The van der Waals surface area contributed by atoms with Gasteiger partial charge in [0, 0.05) is 6.42 Å². The van der Waals surface area contributed by atoms with Crippen LogP contribution >= 0.6 is 11.6 Å². The molecule has 6 heteroatoms. The summed E-state index contributed by atoms with van der Waals surface area (Å²) in [5.74, 6) is 2.27. The Morgan fingerprint density at radius 2 is 2.24 bits per heavy atom. The van der Waals surface area contributed by atoms with Crippen molar-refractivity contribution in [3.63, 3.8) is 0 Å². The minimum atomic E-state index is -0.0900. The molecule has 17 heavy (non-hydrogen) atoms. The molecular weight excluding hydrogens is 240 g/mol. The third-order valence-electron chi connectivity index (χ3n) is 2.58. The monoisotopic (exact) mass is 254 g/mol. The number of aromatic nitrogens is 4. The van der Waals surface area contributed by atoms with Crippen LogP contribution < -0.4 is 0 Å². The van der Waals surface area contributed by atoms with Crippen molar-refractivity contribution in [2.75, 3.05) is 0 Å². The Bertz CT molecular complexity index is 505. The Hall–Kier alpha value is -1.36. The van der Waals surface area contributed by atoms with Crippen LogP contribution in [0, 0.1) is 6.92 Å². The number of rotatable bonds is 4. The Morgan fingerprint density at radius 3 is 2.82 bits per heavy atom. The van der Waals surface area contributed by atoms with Crippen LogP contribution in [0.2, 0.25) is 5.28 Å². The van der Waals surface area contributed by atoms with E-state index in [4.69, 9.17) is 16.0 Å². The third kappa shape index (κ3) is 2.34. The highest BCUT2D eigenvalue weighted by Gasteiger charge is 2.20. The molecule has 2 heterocycles. The van der Waals surface area contributed by atoms with Crippen molar-refractivity contribution < 1.29 is 4.42 Å². The van der Waals surface area contributed by atoms with Crippen molar-refractivity contribution in [1.82, 2.24) is 19.7 Å². The predicted octanol–water partition coefficient (Wildman–Crippen LogP) is 2.79. The first kappa shape index (κ1) is 12.1. The summed E-state index contributed by atoms with van der Waals surface area (Å²) < 4.78 is 7.37. The van der Waals surface area contributed by atoms with Crippen LogP contribution in [0.15, 0.2) is 10.6 Å². The first-order valence-corrected chi connectivity index (χ1v) is 6.02. The van der Waals surface area contributed by atoms with Gasteiger partial charge in [-0.1, -0.05) is 6.92 Å². The molecule has 0 aliphatic heterocycles. The summed E-state index contributed by atoms with van der Waals surface area (Å²) in [7, 11) is 0. The molecule has 0 bridgehead atoms. The minimum absolute atomic E-state index is 0.0900. The predicted molar refractivity (Wildman–Crippen MR) is 64.1 cm³/mol. The second kappa shape index (κ2) is 4.87. The molecule has 0 aliphatic rings. The Kier molecular flexibility index (Phi) is 3.47.